The second-order valence-electron chi connectivity index (χ2n) is 2.47. The highest BCUT2D eigenvalue weighted by molar-refractivity contribution is 6.32. The van der Waals surface area contributed by atoms with Crippen LogP contribution in [-0.2, 0) is 0 Å². The fourth-order valence-electron chi connectivity index (χ4n) is 0.867. The van der Waals surface area contributed by atoms with Gasteiger partial charge in [-0.05, 0) is 17.7 Å². The first-order valence-electron chi connectivity index (χ1n) is 3.51. The third-order valence-corrected chi connectivity index (χ3v) is 1.91. The van der Waals surface area contributed by atoms with Crippen molar-refractivity contribution in [1.82, 2.24) is 0 Å². The number of nitrogens with two attached hydrogens (primary N) is 1. The van der Waals surface area contributed by atoms with Crippen molar-refractivity contribution in [1.29, 1.82) is 0 Å². The van der Waals surface area contributed by atoms with E-state index < -0.39 is 0 Å². The molecule has 0 amide bonds. The van der Waals surface area contributed by atoms with Gasteiger partial charge >= 0.3 is 0 Å². The van der Waals surface area contributed by atoms with Crippen LogP contribution in [0.5, 0.6) is 5.75 Å². The number of hydrogen-bond donors (Lipinski definition) is 2. The van der Waals surface area contributed by atoms with Gasteiger partial charge in [0.15, 0.2) is 0 Å². The predicted molar refractivity (Wildman–Crippen MR) is 50.2 cm³/mol. The highest BCUT2D eigenvalue weighted by Gasteiger charge is 2.03. The minimum absolute atomic E-state index is 0.0664. The molecule has 0 bridgehead atoms. The van der Waals surface area contributed by atoms with E-state index in [4.69, 9.17) is 22.4 Å². The molecule has 1 aromatic rings. The van der Waals surface area contributed by atoms with Gasteiger partial charge in [0.1, 0.15) is 5.75 Å². The standard InChI is InChI=1S/C9H10ClNO/c1-2-8(11)6-3-4-9(12)7(10)5-6/h2-5,8,12H,1,11H2/t8-/m0/s1. The molecule has 3 heteroatoms. The Bertz CT molecular complexity index is 299. The first-order chi connectivity index (χ1) is 5.65. The van der Waals surface area contributed by atoms with Gasteiger partial charge in [-0.1, -0.05) is 23.7 Å². The topological polar surface area (TPSA) is 46.2 Å². The first kappa shape index (κ1) is 9.10. The number of hydrogen-bond acceptors (Lipinski definition) is 2. The number of aromatic hydroxyl groups is 1. The summed E-state index contributed by atoms with van der Waals surface area (Å²) in [6.45, 7) is 3.56. The average Bonchev–Trinajstić information content (AvgIpc) is 2.08. The van der Waals surface area contributed by atoms with Gasteiger partial charge in [-0.2, -0.15) is 0 Å². The largest absolute Gasteiger partial charge is 0.506 e. The lowest BCUT2D eigenvalue weighted by molar-refractivity contribution is 0.475. The minimum atomic E-state index is -0.233. The summed E-state index contributed by atoms with van der Waals surface area (Å²) in [6.07, 6.45) is 1.61. The third-order valence-electron chi connectivity index (χ3n) is 1.61. The molecule has 0 aliphatic rings. The Hall–Kier alpha value is -0.990. The molecule has 0 heterocycles. The number of phenolic OH excluding ortho intramolecular Hbond substituents is 1. The fraction of sp³-hybridized carbons (Fsp3) is 0.111. The lowest BCUT2D eigenvalue weighted by Gasteiger charge is -2.06. The molecule has 0 fully saturated rings. The second-order valence-corrected chi connectivity index (χ2v) is 2.88. The maximum atomic E-state index is 9.10. The lowest BCUT2D eigenvalue weighted by Crippen LogP contribution is -2.05. The summed E-state index contributed by atoms with van der Waals surface area (Å²) in [4.78, 5) is 0. The van der Waals surface area contributed by atoms with Crippen LogP contribution in [0.4, 0.5) is 0 Å². The van der Waals surface area contributed by atoms with E-state index in [0.717, 1.165) is 5.56 Å². The quantitative estimate of drug-likeness (QED) is 0.691. The summed E-state index contributed by atoms with van der Waals surface area (Å²) in [7, 11) is 0. The summed E-state index contributed by atoms with van der Waals surface area (Å²) < 4.78 is 0. The molecule has 3 N–H and O–H groups in total. The molecule has 0 unspecified atom stereocenters. The molecule has 0 saturated heterocycles. The Morgan fingerprint density at radius 3 is 2.75 bits per heavy atom. The minimum Gasteiger partial charge on any atom is -0.506 e. The summed E-state index contributed by atoms with van der Waals surface area (Å²) in [5.41, 5.74) is 6.50. The van der Waals surface area contributed by atoms with Gasteiger partial charge in [0.2, 0.25) is 0 Å². The van der Waals surface area contributed by atoms with Crippen molar-refractivity contribution in [3.63, 3.8) is 0 Å². The fourth-order valence-corrected chi connectivity index (χ4v) is 1.06. The van der Waals surface area contributed by atoms with Gasteiger partial charge in [-0.25, -0.2) is 0 Å². The molecule has 12 heavy (non-hydrogen) atoms. The van der Waals surface area contributed by atoms with Crippen LogP contribution in [0.15, 0.2) is 30.9 Å². The summed E-state index contributed by atoms with van der Waals surface area (Å²) >= 11 is 5.68. The van der Waals surface area contributed by atoms with E-state index in [1.54, 1.807) is 18.2 Å². The van der Waals surface area contributed by atoms with E-state index in [0.29, 0.717) is 5.02 Å². The molecule has 0 saturated carbocycles. The van der Waals surface area contributed by atoms with Crippen molar-refractivity contribution >= 4 is 11.6 Å². The van der Waals surface area contributed by atoms with Crippen LogP contribution in [0, 0.1) is 0 Å². The molecule has 0 aromatic heterocycles. The highest BCUT2D eigenvalue weighted by Crippen LogP contribution is 2.25. The zero-order valence-electron chi connectivity index (χ0n) is 6.50. The molecule has 0 radical (unpaired) electrons. The molecule has 1 atom stereocenters. The smallest absolute Gasteiger partial charge is 0.134 e. The average molecular weight is 184 g/mol. The summed E-state index contributed by atoms with van der Waals surface area (Å²) in [5, 5.41) is 9.41. The SMILES string of the molecule is C=C[C@H](N)c1ccc(O)c(Cl)c1. The first-order valence-corrected chi connectivity index (χ1v) is 3.89. The Labute approximate surface area is 76.3 Å². The number of rotatable bonds is 2. The molecule has 0 aliphatic heterocycles. The molecule has 0 aliphatic carbocycles. The normalized spacial score (nSPS) is 12.5. The lowest BCUT2D eigenvalue weighted by atomic mass is 10.1. The Morgan fingerprint density at radius 2 is 2.25 bits per heavy atom. The third kappa shape index (κ3) is 1.78. The van der Waals surface area contributed by atoms with E-state index in [1.165, 1.54) is 6.07 Å². The van der Waals surface area contributed by atoms with Crippen molar-refractivity contribution in [2.24, 2.45) is 5.73 Å². The maximum Gasteiger partial charge on any atom is 0.134 e. The van der Waals surface area contributed by atoms with Gasteiger partial charge in [-0.15, -0.1) is 6.58 Å². The molecule has 1 aromatic carbocycles. The Morgan fingerprint density at radius 1 is 1.58 bits per heavy atom. The molecule has 2 nitrogen and oxygen atoms in total. The number of halogens is 1. The van der Waals surface area contributed by atoms with Crippen LogP contribution in [0.25, 0.3) is 0 Å². The van der Waals surface area contributed by atoms with E-state index in [-0.39, 0.29) is 11.8 Å². The predicted octanol–water partition coefficient (Wildman–Crippen LogP) is 2.23. The number of phenols is 1. The molecular weight excluding hydrogens is 174 g/mol. The van der Waals surface area contributed by atoms with Crippen LogP contribution in [-0.4, -0.2) is 5.11 Å². The van der Waals surface area contributed by atoms with Gasteiger partial charge in [0, 0.05) is 6.04 Å². The van der Waals surface area contributed by atoms with Gasteiger partial charge < -0.3 is 10.8 Å². The van der Waals surface area contributed by atoms with Crippen molar-refractivity contribution in [2.75, 3.05) is 0 Å². The van der Waals surface area contributed by atoms with Crippen molar-refractivity contribution in [3.05, 3.63) is 41.4 Å². The zero-order chi connectivity index (χ0) is 9.14. The Kier molecular flexibility index (Phi) is 2.74. The van der Waals surface area contributed by atoms with E-state index in [9.17, 15) is 0 Å². The van der Waals surface area contributed by atoms with Crippen LogP contribution in [0.2, 0.25) is 5.02 Å². The van der Waals surface area contributed by atoms with Crippen LogP contribution in [0.3, 0.4) is 0 Å². The van der Waals surface area contributed by atoms with Crippen molar-refractivity contribution in [2.45, 2.75) is 6.04 Å². The highest BCUT2D eigenvalue weighted by atomic mass is 35.5. The van der Waals surface area contributed by atoms with Crippen molar-refractivity contribution < 1.29 is 5.11 Å². The van der Waals surface area contributed by atoms with Crippen molar-refractivity contribution in [3.8, 4) is 5.75 Å². The second kappa shape index (κ2) is 3.61. The van der Waals surface area contributed by atoms with E-state index in [1.807, 2.05) is 0 Å². The molecule has 0 spiro atoms. The monoisotopic (exact) mass is 183 g/mol. The van der Waals surface area contributed by atoms with Crippen LogP contribution >= 0.6 is 11.6 Å². The van der Waals surface area contributed by atoms with Crippen LogP contribution in [0.1, 0.15) is 11.6 Å². The summed E-state index contributed by atoms with van der Waals surface area (Å²) in [5.74, 6) is 0.0664. The van der Waals surface area contributed by atoms with Gasteiger partial charge in [0.05, 0.1) is 5.02 Å². The van der Waals surface area contributed by atoms with E-state index in [2.05, 4.69) is 6.58 Å². The maximum absolute atomic E-state index is 9.10. The van der Waals surface area contributed by atoms with Gasteiger partial charge in [-0.3, -0.25) is 0 Å². The zero-order valence-corrected chi connectivity index (χ0v) is 7.25. The molecule has 64 valence electrons. The number of benzene rings is 1. The molecule has 1 rings (SSSR count). The van der Waals surface area contributed by atoms with Crippen LogP contribution < -0.4 is 5.73 Å². The Balaban J connectivity index is 3.04. The van der Waals surface area contributed by atoms with E-state index >= 15 is 0 Å². The molecular formula is C9H10ClNO. The summed E-state index contributed by atoms with van der Waals surface area (Å²) in [6, 6.07) is 4.63. The van der Waals surface area contributed by atoms with Gasteiger partial charge in [0.25, 0.3) is 0 Å².